The van der Waals surface area contributed by atoms with Crippen LogP contribution in [0, 0.1) is 0 Å². The Morgan fingerprint density at radius 1 is 1.21 bits per heavy atom. The Bertz CT molecular complexity index is 287. The van der Waals surface area contributed by atoms with E-state index < -0.39 is 0 Å². The fraction of sp³-hybridized carbons (Fsp3) is 0.455. The maximum absolute atomic E-state index is 6.20. The summed E-state index contributed by atoms with van der Waals surface area (Å²) in [5.74, 6) is 0. The molecular weight excluding hydrogens is 327 g/mol. The Kier molecular flexibility index (Phi) is 4.95. The number of benzene rings is 1. The monoisotopic (exact) mass is 338 g/mol. The number of halogens is 3. The van der Waals surface area contributed by atoms with Crippen LogP contribution in [0.4, 0.5) is 0 Å². The van der Waals surface area contributed by atoms with E-state index in [4.69, 9.17) is 11.6 Å². The molecule has 0 N–H and O–H groups in total. The quantitative estimate of drug-likeness (QED) is 0.692. The number of rotatable bonds is 4. The molecule has 0 fully saturated rings. The van der Waals surface area contributed by atoms with E-state index in [1.54, 1.807) is 0 Å². The number of hydrogen-bond donors (Lipinski definition) is 0. The van der Waals surface area contributed by atoms with E-state index in [-0.39, 0.29) is 5.41 Å². The van der Waals surface area contributed by atoms with Gasteiger partial charge in [0.05, 0.1) is 0 Å². The van der Waals surface area contributed by atoms with Crippen LogP contribution in [-0.2, 0) is 5.41 Å². The molecule has 1 aromatic rings. The van der Waals surface area contributed by atoms with Crippen molar-refractivity contribution in [1.29, 1.82) is 0 Å². The third kappa shape index (κ3) is 2.34. The molecule has 0 aliphatic carbocycles. The molecule has 1 aromatic carbocycles. The molecule has 0 bridgehead atoms. The second-order valence-corrected chi connectivity index (χ2v) is 4.91. The van der Waals surface area contributed by atoms with Crippen molar-refractivity contribution in [2.24, 2.45) is 0 Å². The Labute approximate surface area is 107 Å². The molecule has 0 nitrogen and oxygen atoms in total. The van der Waals surface area contributed by atoms with E-state index in [0.29, 0.717) is 0 Å². The van der Waals surface area contributed by atoms with Gasteiger partial charge < -0.3 is 0 Å². The summed E-state index contributed by atoms with van der Waals surface area (Å²) in [5, 5.41) is 2.70. The molecule has 0 unspecified atom stereocenters. The van der Waals surface area contributed by atoms with Crippen molar-refractivity contribution in [3.63, 3.8) is 0 Å². The summed E-state index contributed by atoms with van der Waals surface area (Å²) in [6, 6.07) is 8.06. The largest absolute Gasteiger partial charge is 0.0918 e. The van der Waals surface area contributed by atoms with E-state index in [9.17, 15) is 0 Å². The molecule has 0 amide bonds. The van der Waals surface area contributed by atoms with E-state index in [1.807, 2.05) is 18.2 Å². The highest BCUT2D eigenvalue weighted by Crippen LogP contribution is 2.36. The average Bonchev–Trinajstić information content (AvgIpc) is 2.24. The van der Waals surface area contributed by atoms with Crippen molar-refractivity contribution in [2.45, 2.75) is 18.8 Å². The highest BCUT2D eigenvalue weighted by molar-refractivity contribution is 9.09. The minimum Gasteiger partial charge on any atom is -0.0918 e. The maximum atomic E-state index is 6.20. The lowest BCUT2D eigenvalue weighted by Crippen LogP contribution is -2.29. The van der Waals surface area contributed by atoms with Gasteiger partial charge in [-0.25, -0.2) is 0 Å². The average molecular weight is 340 g/mol. The van der Waals surface area contributed by atoms with Crippen LogP contribution in [0.25, 0.3) is 0 Å². The third-order valence-electron chi connectivity index (χ3n) is 2.63. The van der Waals surface area contributed by atoms with Gasteiger partial charge in [0.2, 0.25) is 0 Å². The lowest BCUT2D eigenvalue weighted by Gasteiger charge is -2.30. The predicted octanol–water partition coefficient (Wildman–Crippen LogP) is 4.78. The Hall–Kier alpha value is 0.470. The molecule has 0 aliphatic heterocycles. The molecule has 78 valence electrons. The number of alkyl halides is 2. The second-order valence-electron chi connectivity index (χ2n) is 3.38. The first-order valence-corrected chi connectivity index (χ1v) is 7.19. The van der Waals surface area contributed by atoms with E-state index in [1.165, 1.54) is 5.56 Å². The van der Waals surface area contributed by atoms with Crippen LogP contribution < -0.4 is 0 Å². The molecule has 14 heavy (non-hydrogen) atoms. The molecule has 1 rings (SSSR count). The lowest BCUT2D eigenvalue weighted by atomic mass is 9.82. The van der Waals surface area contributed by atoms with Crippen molar-refractivity contribution >= 4 is 43.5 Å². The van der Waals surface area contributed by atoms with Gasteiger partial charge in [-0.3, -0.25) is 0 Å². The SMILES string of the molecule is CCC(CBr)(CBr)c1ccccc1Cl. The summed E-state index contributed by atoms with van der Waals surface area (Å²) in [5.41, 5.74) is 1.33. The first-order chi connectivity index (χ1) is 6.70. The van der Waals surface area contributed by atoms with Crippen molar-refractivity contribution in [2.75, 3.05) is 10.7 Å². The highest BCUT2D eigenvalue weighted by atomic mass is 79.9. The fourth-order valence-electron chi connectivity index (χ4n) is 1.45. The first-order valence-electron chi connectivity index (χ1n) is 4.57. The molecule has 0 saturated carbocycles. The molecule has 0 atom stereocenters. The standard InChI is InChI=1S/C11H13Br2Cl/c1-2-11(7-12,8-13)9-5-3-4-6-10(9)14/h3-6H,2,7-8H2,1H3. The normalized spacial score (nSPS) is 11.7. The van der Waals surface area contributed by atoms with Crippen molar-refractivity contribution < 1.29 is 0 Å². The summed E-state index contributed by atoms with van der Waals surface area (Å²) < 4.78 is 0. The van der Waals surface area contributed by atoms with Gasteiger partial charge in [0, 0.05) is 21.1 Å². The van der Waals surface area contributed by atoms with Crippen LogP contribution in [0.3, 0.4) is 0 Å². The van der Waals surface area contributed by atoms with Crippen molar-refractivity contribution in [3.8, 4) is 0 Å². The van der Waals surface area contributed by atoms with Crippen LogP contribution in [0.2, 0.25) is 5.02 Å². The zero-order valence-electron chi connectivity index (χ0n) is 8.06. The van der Waals surface area contributed by atoms with Gasteiger partial charge >= 0.3 is 0 Å². The molecule has 0 heterocycles. The third-order valence-corrected chi connectivity index (χ3v) is 5.11. The molecule has 0 spiro atoms. The van der Waals surface area contributed by atoms with Gasteiger partial charge in [-0.05, 0) is 18.1 Å². The Morgan fingerprint density at radius 3 is 2.21 bits per heavy atom. The molecular formula is C11H13Br2Cl. The summed E-state index contributed by atoms with van der Waals surface area (Å²) in [6.07, 6.45) is 1.06. The molecule has 0 aliphatic rings. The molecule has 3 heteroatoms. The second kappa shape index (κ2) is 5.53. The van der Waals surface area contributed by atoms with Crippen LogP contribution >= 0.6 is 43.5 Å². The van der Waals surface area contributed by atoms with Crippen molar-refractivity contribution in [1.82, 2.24) is 0 Å². The van der Waals surface area contributed by atoms with Crippen LogP contribution in [-0.4, -0.2) is 10.7 Å². The lowest BCUT2D eigenvalue weighted by molar-refractivity contribution is 0.534. The van der Waals surface area contributed by atoms with Gasteiger partial charge in [0.25, 0.3) is 0 Å². The van der Waals surface area contributed by atoms with Crippen molar-refractivity contribution in [3.05, 3.63) is 34.9 Å². The highest BCUT2D eigenvalue weighted by Gasteiger charge is 2.29. The van der Waals surface area contributed by atoms with Gasteiger partial charge in [-0.2, -0.15) is 0 Å². The number of hydrogen-bond acceptors (Lipinski definition) is 0. The van der Waals surface area contributed by atoms with E-state index in [0.717, 1.165) is 22.1 Å². The topological polar surface area (TPSA) is 0 Å². The summed E-state index contributed by atoms with van der Waals surface area (Å²) >= 11 is 13.4. The predicted molar refractivity (Wildman–Crippen MR) is 71.0 cm³/mol. The molecule has 0 aromatic heterocycles. The Balaban J connectivity index is 3.17. The smallest absolute Gasteiger partial charge is 0.0444 e. The van der Waals surface area contributed by atoms with Crippen LogP contribution in [0.15, 0.2) is 24.3 Å². The van der Waals surface area contributed by atoms with Crippen LogP contribution in [0.5, 0.6) is 0 Å². The molecule has 0 radical (unpaired) electrons. The van der Waals surface area contributed by atoms with Gasteiger partial charge in [-0.1, -0.05) is 68.6 Å². The van der Waals surface area contributed by atoms with E-state index in [2.05, 4.69) is 44.8 Å². The minimum absolute atomic E-state index is 0.109. The van der Waals surface area contributed by atoms with Gasteiger partial charge in [0.1, 0.15) is 0 Å². The van der Waals surface area contributed by atoms with Gasteiger partial charge in [-0.15, -0.1) is 0 Å². The summed E-state index contributed by atoms with van der Waals surface area (Å²) in [4.78, 5) is 0. The summed E-state index contributed by atoms with van der Waals surface area (Å²) in [6.45, 7) is 2.19. The zero-order chi connectivity index (χ0) is 10.6. The van der Waals surface area contributed by atoms with E-state index >= 15 is 0 Å². The minimum atomic E-state index is 0.109. The molecule has 0 saturated heterocycles. The first kappa shape index (κ1) is 12.5. The van der Waals surface area contributed by atoms with Gasteiger partial charge in [0.15, 0.2) is 0 Å². The fourth-order valence-corrected chi connectivity index (χ4v) is 4.11. The van der Waals surface area contributed by atoms with Crippen LogP contribution in [0.1, 0.15) is 18.9 Å². The Morgan fingerprint density at radius 2 is 1.79 bits per heavy atom. The maximum Gasteiger partial charge on any atom is 0.0444 e. The zero-order valence-corrected chi connectivity index (χ0v) is 12.0. The summed E-state index contributed by atoms with van der Waals surface area (Å²) in [7, 11) is 0.